The van der Waals surface area contributed by atoms with Crippen LogP contribution in [0.15, 0.2) is 53.9 Å². The zero-order chi connectivity index (χ0) is 17.8. The fourth-order valence-corrected chi connectivity index (χ4v) is 2.22. The quantitative estimate of drug-likeness (QED) is 0.592. The highest BCUT2D eigenvalue weighted by molar-refractivity contribution is 6.46. The molecule has 2 aromatic rings. The SMILES string of the molecule is O=C1C=C(O)C(Cn2cc(COc3ccc(CO)cc3)nn2)=CC1=O. The third-order valence-electron chi connectivity index (χ3n) is 3.56. The zero-order valence-corrected chi connectivity index (χ0v) is 13.1. The normalized spacial score (nSPS) is 14.3. The number of allylic oxidation sites excluding steroid dienone is 3. The summed E-state index contributed by atoms with van der Waals surface area (Å²) in [6, 6.07) is 7.01. The number of hydrogen-bond donors (Lipinski definition) is 2. The van der Waals surface area contributed by atoms with Crippen molar-refractivity contribution in [2.24, 2.45) is 0 Å². The summed E-state index contributed by atoms with van der Waals surface area (Å²) >= 11 is 0. The van der Waals surface area contributed by atoms with Crippen molar-refractivity contribution >= 4 is 11.6 Å². The molecule has 0 saturated heterocycles. The number of nitrogens with zero attached hydrogens (tertiary/aromatic N) is 3. The van der Waals surface area contributed by atoms with Gasteiger partial charge in [-0.05, 0) is 23.8 Å². The molecular weight excluding hydrogens is 326 g/mol. The summed E-state index contributed by atoms with van der Waals surface area (Å²) in [6.07, 6.45) is 3.62. The van der Waals surface area contributed by atoms with Crippen LogP contribution in [0.4, 0.5) is 0 Å². The maximum atomic E-state index is 11.4. The van der Waals surface area contributed by atoms with Crippen molar-refractivity contribution < 1.29 is 24.5 Å². The van der Waals surface area contributed by atoms with E-state index >= 15 is 0 Å². The number of rotatable bonds is 6. The molecule has 0 radical (unpaired) electrons. The van der Waals surface area contributed by atoms with Crippen LogP contribution in [0.25, 0.3) is 0 Å². The average Bonchev–Trinajstić information content (AvgIpc) is 3.06. The number of ketones is 2. The van der Waals surface area contributed by atoms with Crippen molar-refractivity contribution in [3.05, 3.63) is 65.2 Å². The third kappa shape index (κ3) is 3.99. The highest BCUT2D eigenvalue weighted by Gasteiger charge is 2.20. The Bertz CT molecular complexity index is 865. The van der Waals surface area contributed by atoms with Gasteiger partial charge in [0, 0.05) is 11.6 Å². The lowest BCUT2D eigenvalue weighted by atomic mass is 10.0. The summed E-state index contributed by atoms with van der Waals surface area (Å²) in [5.74, 6) is -1.04. The minimum absolute atomic E-state index is 0.0279. The molecular formula is C17H15N3O5. The van der Waals surface area contributed by atoms with Crippen molar-refractivity contribution in [1.29, 1.82) is 0 Å². The van der Waals surface area contributed by atoms with E-state index in [4.69, 9.17) is 9.84 Å². The number of carbonyl (C=O) groups is 2. The van der Waals surface area contributed by atoms with Crippen LogP contribution in [-0.4, -0.2) is 36.8 Å². The molecule has 0 atom stereocenters. The fraction of sp³-hybridized carbons (Fsp3) is 0.176. The largest absolute Gasteiger partial charge is 0.507 e. The van der Waals surface area contributed by atoms with Crippen LogP contribution in [0.1, 0.15) is 11.3 Å². The van der Waals surface area contributed by atoms with Crippen molar-refractivity contribution in [2.75, 3.05) is 0 Å². The molecule has 0 unspecified atom stereocenters. The maximum Gasteiger partial charge on any atom is 0.229 e. The van der Waals surface area contributed by atoms with E-state index < -0.39 is 11.6 Å². The summed E-state index contributed by atoms with van der Waals surface area (Å²) in [5.41, 5.74) is 1.65. The predicted molar refractivity (Wildman–Crippen MR) is 85.5 cm³/mol. The van der Waals surface area contributed by atoms with E-state index in [0.29, 0.717) is 17.0 Å². The van der Waals surface area contributed by atoms with E-state index in [0.717, 1.165) is 17.7 Å². The molecule has 1 aliphatic carbocycles. The number of benzene rings is 1. The smallest absolute Gasteiger partial charge is 0.229 e. The standard InChI is InChI=1S/C17H15N3O5/c21-9-11-1-3-14(4-2-11)25-10-13-8-20(19-18-13)7-12-5-16(23)17(24)6-15(12)22/h1-6,8,21-22H,7,9-10H2. The van der Waals surface area contributed by atoms with Crippen LogP contribution >= 0.6 is 0 Å². The van der Waals surface area contributed by atoms with Crippen LogP contribution in [0, 0.1) is 0 Å². The van der Waals surface area contributed by atoms with E-state index in [1.165, 1.54) is 4.68 Å². The molecule has 128 valence electrons. The Morgan fingerprint density at radius 2 is 1.80 bits per heavy atom. The highest BCUT2D eigenvalue weighted by atomic mass is 16.5. The van der Waals surface area contributed by atoms with Crippen LogP contribution < -0.4 is 4.74 Å². The zero-order valence-electron chi connectivity index (χ0n) is 13.1. The molecule has 0 aliphatic heterocycles. The lowest BCUT2D eigenvalue weighted by Gasteiger charge is -2.09. The van der Waals surface area contributed by atoms with E-state index in [1.807, 2.05) is 0 Å². The Morgan fingerprint density at radius 1 is 1.08 bits per heavy atom. The highest BCUT2D eigenvalue weighted by Crippen LogP contribution is 2.16. The first-order valence-corrected chi connectivity index (χ1v) is 7.46. The van der Waals surface area contributed by atoms with Gasteiger partial charge in [0.25, 0.3) is 0 Å². The van der Waals surface area contributed by atoms with E-state index in [-0.39, 0.29) is 25.5 Å². The van der Waals surface area contributed by atoms with Crippen LogP contribution in [-0.2, 0) is 29.3 Å². The second kappa shape index (κ2) is 7.10. The molecule has 2 N–H and O–H groups in total. The Morgan fingerprint density at radius 3 is 2.52 bits per heavy atom. The number of aromatic nitrogens is 3. The first-order valence-electron chi connectivity index (χ1n) is 7.46. The van der Waals surface area contributed by atoms with E-state index in [9.17, 15) is 14.7 Å². The molecule has 8 heteroatoms. The Labute approximate surface area is 142 Å². The van der Waals surface area contributed by atoms with Crippen LogP contribution in [0.3, 0.4) is 0 Å². The molecule has 0 saturated carbocycles. The van der Waals surface area contributed by atoms with Gasteiger partial charge >= 0.3 is 0 Å². The number of aliphatic hydroxyl groups excluding tert-OH is 2. The average molecular weight is 341 g/mol. The first kappa shape index (κ1) is 16.6. The minimum Gasteiger partial charge on any atom is -0.507 e. The number of carbonyl (C=O) groups excluding carboxylic acids is 2. The van der Waals surface area contributed by atoms with Gasteiger partial charge in [-0.2, -0.15) is 0 Å². The van der Waals surface area contributed by atoms with Gasteiger partial charge in [-0.25, -0.2) is 4.68 Å². The second-order valence-electron chi connectivity index (χ2n) is 5.43. The van der Waals surface area contributed by atoms with Gasteiger partial charge in [0.2, 0.25) is 11.6 Å². The maximum absolute atomic E-state index is 11.4. The molecule has 1 aromatic carbocycles. The van der Waals surface area contributed by atoms with Crippen molar-refractivity contribution in [1.82, 2.24) is 15.0 Å². The van der Waals surface area contributed by atoms with Crippen molar-refractivity contribution in [3.8, 4) is 5.75 Å². The van der Waals surface area contributed by atoms with Gasteiger partial charge in [0.05, 0.1) is 19.3 Å². The van der Waals surface area contributed by atoms with Crippen LogP contribution in [0.5, 0.6) is 5.75 Å². The van der Waals surface area contributed by atoms with Gasteiger partial charge in [-0.1, -0.05) is 17.3 Å². The molecule has 1 heterocycles. The summed E-state index contributed by atoms with van der Waals surface area (Å²) in [4.78, 5) is 22.6. The van der Waals surface area contributed by atoms with Crippen LogP contribution in [0.2, 0.25) is 0 Å². The van der Waals surface area contributed by atoms with Crippen molar-refractivity contribution in [2.45, 2.75) is 19.8 Å². The molecule has 1 aliphatic rings. The monoisotopic (exact) mass is 341 g/mol. The van der Waals surface area contributed by atoms with Gasteiger partial charge in [0.15, 0.2) is 0 Å². The number of aliphatic hydroxyl groups is 2. The van der Waals surface area contributed by atoms with Crippen molar-refractivity contribution in [3.63, 3.8) is 0 Å². The number of hydrogen-bond acceptors (Lipinski definition) is 7. The minimum atomic E-state index is -0.749. The second-order valence-corrected chi connectivity index (χ2v) is 5.43. The molecule has 3 rings (SSSR count). The molecule has 25 heavy (non-hydrogen) atoms. The summed E-state index contributed by atoms with van der Waals surface area (Å²) in [5, 5.41) is 26.6. The lowest BCUT2D eigenvalue weighted by Crippen LogP contribution is -2.17. The summed E-state index contributed by atoms with van der Waals surface area (Å²) in [7, 11) is 0. The lowest BCUT2D eigenvalue weighted by molar-refractivity contribution is -0.131. The molecule has 0 spiro atoms. The van der Waals surface area contributed by atoms with E-state index in [1.54, 1.807) is 30.5 Å². The topological polar surface area (TPSA) is 115 Å². The fourth-order valence-electron chi connectivity index (χ4n) is 2.22. The van der Waals surface area contributed by atoms with E-state index in [2.05, 4.69) is 10.3 Å². The Balaban J connectivity index is 1.60. The van der Waals surface area contributed by atoms with Gasteiger partial charge in [-0.3, -0.25) is 9.59 Å². The van der Waals surface area contributed by atoms with Gasteiger partial charge in [0.1, 0.15) is 23.8 Å². The number of ether oxygens (including phenoxy) is 1. The first-order chi connectivity index (χ1) is 12.0. The molecule has 0 fully saturated rings. The predicted octanol–water partition coefficient (Wildman–Crippen LogP) is 0.869. The molecule has 8 nitrogen and oxygen atoms in total. The van der Waals surface area contributed by atoms with Gasteiger partial charge < -0.3 is 14.9 Å². The Kier molecular flexibility index (Phi) is 4.71. The molecule has 0 amide bonds. The molecule has 0 bridgehead atoms. The third-order valence-corrected chi connectivity index (χ3v) is 3.56. The van der Waals surface area contributed by atoms with Gasteiger partial charge in [-0.15, -0.1) is 5.10 Å². The molecule has 1 aromatic heterocycles. The summed E-state index contributed by atoms with van der Waals surface area (Å²) < 4.78 is 7.01. The Hall–Kier alpha value is -3.26. The summed E-state index contributed by atoms with van der Waals surface area (Å²) in [6.45, 7) is 0.274.